The number of nitrogens with zero attached hydrogens (tertiary/aromatic N) is 1. The first-order valence-electron chi connectivity index (χ1n) is 12.7. The van der Waals surface area contributed by atoms with Crippen molar-refractivity contribution in [1.29, 1.82) is 0 Å². The molecule has 1 amide bonds. The maximum atomic E-state index is 13.3. The minimum atomic E-state index is -0.671. The molecule has 0 spiro atoms. The second-order valence-electron chi connectivity index (χ2n) is 10.3. The Hall–Kier alpha value is -3.19. The second kappa shape index (κ2) is 12.7. The average molecular weight is 495 g/mol. The monoisotopic (exact) mass is 494 g/mol. The van der Waals surface area contributed by atoms with E-state index in [0.29, 0.717) is 25.8 Å². The first kappa shape index (κ1) is 27.4. The van der Waals surface area contributed by atoms with Crippen molar-refractivity contribution in [2.24, 2.45) is 0 Å². The van der Waals surface area contributed by atoms with E-state index in [1.807, 2.05) is 81.4 Å². The fourth-order valence-electron chi connectivity index (χ4n) is 4.32. The van der Waals surface area contributed by atoms with Crippen LogP contribution in [0.15, 0.2) is 60.7 Å². The number of benzene rings is 2. The van der Waals surface area contributed by atoms with Crippen LogP contribution in [0.25, 0.3) is 0 Å². The molecule has 0 radical (unpaired) electrons. The fourth-order valence-corrected chi connectivity index (χ4v) is 4.32. The summed E-state index contributed by atoms with van der Waals surface area (Å²) in [6, 6.07) is 17.4. The van der Waals surface area contributed by atoms with Gasteiger partial charge in [-0.25, -0.2) is 4.79 Å². The molecule has 3 rings (SSSR count). The van der Waals surface area contributed by atoms with Crippen molar-refractivity contribution in [3.8, 4) is 0 Å². The highest BCUT2D eigenvalue weighted by molar-refractivity contribution is 5.88. The zero-order valence-electron chi connectivity index (χ0n) is 21.7. The van der Waals surface area contributed by atoms with E-state index in [1.54, 1.807) is 11.8 Å². The van der Waals surface area contributed by atoms with E-state index in [9.17, 15) is 14.4 Å². The molecule has 3 atom stereocenters. The number of likely N-dealkylation sites (tertiary alicyclic amines) is 1. The van der Waals surface area contributed by atoms with Gasteiger partial charge < -0.3 is 14.4 Å². The standard InChI is InChI=1S/C29H38N2O5/c1-21(26(32)31-19-11-16-25(31)28(34)36-29(2,3)4)30-24(18-17-22-12-7-5-8-13-22)27(33)35-20-23-14-9-6-10-15-23/h5-10,12-15,21,24-25,30H,11,16-20H2,1-4H3/t21-,24-,25-/m0/s1. The molecule has 36 heavy (non-hydrogen) atoms. The van der Waals surface area contributed by atoms with E-state index in [2.05, 4.69) is 5.32 Å². The second-order valence-corrected chi connectivity index (χ2v) is 10.3. The lowest BCUT2D eigenvalue weighted by atomic mass is 10.0. The Kier molecular flexibility index (Phi) is 9.65. The Bertz CT molecular complexity index is 1000. The number of hydrogen-bond donors (Lipinski definition) is 1. The lowest BCUT2D eigenvalue weighted by Crippen LogP contribution is -2.53. The van der Waals surface area contributed by atoms with E-state index in [-0.39, 0.29) is 18.5 Å². The summed E-state index contributed by atoms with van der Waals surface area (Å²) in [5.74, 6) is -1.01. The van der Waals surface area contributed by atoms with E-state index < -0.39 is 29.7 Å². The predicted molar refractivity (Wildman–Crippen MR) is 138 cm³/mol. The number of amides is 1. The highest BCUT2D eigenvalue weighted by Gasteiger charge is 2.39. The highest BCUT2D eigenvalue weighted by Crippen LogP contribution is 2.22. The molecule has 1 N–H and O–H groups in total. The van der Waals surface area contributed by atoms with Gasteiger partial charge in [0.05, 0.1) is 6.04 Å². The van der Waals surface area contributed by atoms with Gasteiger partial charge in [-0.2, -0.15) is 0 Å². The van der Waals surface area contributed by atoms with Gasteiger partial charge in [-0.1, -0.05) is 60.7 Å². The van der Waals surface area contributed by atoms with Crippen LogP contribution in [0.2, 0.25) is 0 Å². The van der Waals surface area contributed by atoms with Crippen LogP contribution in [0.1, 0.15) is 58.1 Å². The predicted octanol–water partition coefficient (Wildman–Crippen LogP) is 4.04. The molecule has 2 aromatic carbocycles. The Labute approximate surface area is 214 Å². The van der Waals surface area contributed by atoms with Crippen molar-refractivity contribution in [3.63, 3.8) is 0 Å². The summed E-state index contributed by atoms with van der Waals surface area (Å²) in [5.41, 5.74) is 1.38. The molecule has 194 valence electrons. The maximum absolute atomic E-state index is 13.3. The van der Waals surface area contributed by atoms with Crippen molar-refractivity contribution in [3.05, 3.63) is 71.8 Å². The SMILES string of the molecule is C[C@H](N[C@@H](CCc1ccccc1)C(=O)OCc1ccccc1)C(=O)N1CCC[C@H]1C(=O)OC(C)(C)C. The normalized spacial score (nSPS) is 17.3. The first-order valence-corrected chi connectivity index (χ1v) is 12.7. The summed E-state index contributed by atoms with van der Waals surface area (Å²) in [4.78, 5) is 40.7. The molecular weight excluding hydrogens is 456 g/mol. The zero-order chi connectivity index (χ0) is 26.1. The van der Waals surface area contributed by atoms with Gasteiger partial charge in [0.25, 0.3) is 0 Å². The summed E-state index contributed by atoms with van der Waals surface area (Å²) in [6.07, 6.45) is 2.44. The number of esters is 2. The number of carbonyl (C=O) groups excluding carboxylic acids is 3. The van der Waals surface area contributed by atoms with Crippen LogP contribution in [-0.4, -0.2) is 53.0 Å². The van der Waals surface area contributed by atoms with Crippen molar-refractivity contribution < 1.29 is 23.9 Å². The van der Waals surface area contributed by atoms with Gasteiger partial charge >= 0.3 is 11.9 Å². The number of hydrogen-bond acceptors (Lipinski definition) is 6. The van der Waals surface area contributed by atoms with E-state index >= 15 is 0 Å². The third kappa shape index (κ3) is 8.19. The number of rotatable bonds is 10. The third-order valence-electron chi connectivity index (χ3n) is 6.11. The highest BCUT2D eigenvalue weighted by atomic mass is 16.6. The summed E-state index contributed by atoms with van der Waals surface area (Å²) in [5, 5.41) is 3.19. The Morgan fingerprint density at radius 3 is 2.22 bits per heavy atom. The van der Waals surface area contributed by atoms with Gasteiger partial charge in [-0.05, 0) is 64.5 Å². The summed E-state index contributed by atoms with van der Waals surface area (Å²) >= 11 is 0. The largest absolute Gasteiger partial charge is 0.460 e. The molecule has 0 saturated carbocycles. The quantitative estimate of drug-likeness (QED) is 0.502. The van der Waals surface area contributed by atoms with Crippen LogP contribution in [-0.2, 0) is 36.9 Å². The number of carbonyl (C=O) groups is 3. The Balaban J connectivity index is 1.66. The minimum Gasteiger partial charge on any atom is -0.460 e. The first-order chi connectivity index (χ1) is 17.1. The van der Waals surface area contributed by atoms with Gasteiger partial charge in [-0.15, -0.1) is 0 Å². The summed E-state index contributed by atoms with van der Waals surface area (Å²) in [7, 11) is 0. The Morgan fingerprint density at radius 2 is 1.61 bits per heavy atom. The lowest BCUT2D eigenvalue weighted by molar-refractivity contribution is -0.163. The molecule has 1 aliphatic rings. The van der Waals surface area contributed by atoms with E-state index in [4.69, 9.17) is 9.47 Å². The molecule has 0 aromatic heterocycles. The van der Waals surface area contributed by atoms with Crippen LogP contribution in [0.5, 0.6) is 0 Å². The zero-order valence-corrected chi connectivity index (χ0v) is 21.7. The topological polar surface area (TPSA) is 84.9 Å². The molecule has 7 heteroatoms. The van der Waals surface area contributed by atoms with Crippen LogP contribution in [0, 0.1) is 0 Å². The third-order valence-corrected chi connectivity index (χ3v) is 6.11. The van der Waals surface area contributed by atoms with Crippen molar-refractivity contribution in [2.45, 2.75) is 83.7 Å². The molecule has 0 unspecified atom stereocenters. The van der Waals surface area contributed by atoms with Crippen LogP contribution < -0.4 is 5.32 Å². The van der Waals surface area contributed by atoms with Gasteiger partial charge in [-0.3, -0.25) is 14.9 Å². The van der Waals surface area contributed by atoms with Crippen LogP contribution in [0.3, 0.4) is 0 Å². The summed E-state index contributed by atoms with van der Waals surface area (Å²) < 4.78 is 11.1. The lowest BCUT2D eigenvalue weighted by Gasteiger charge is -2.30. The smallest absolute Gasteiger partial charge is 0.329 e. The van der Waals surface area contributed by atoms with Gasteiger partial charge in [0.2, 0.25) is 5.91 Å². The molecule has 1 fully saturated rings. The number of aryl methyl sites for hydroxylation is 1. The molecule has 0 bridgehead atoms. The Morgan fingerprint density at radius 1 is 1.00 bits per heavy atom. The summed E-state index contributed by atoms with van der Waals surface area (Å²) in [6.45, 7) is 7.82. The van der Waals surface area contributed by atoms with Gasteiger partial charge in [0.15, 0.2) is 0 Å². The molecule has 7 nitrogen and oxygen atoms in total. The molecule has 0 aliphatic carbocycles. The maximum Gasteiger partial charge on any atom is 0.329 e. The van der Waals surface area contributed by atoms with Crippen molar-refractivity contribution in [1.82, 2.24) is 10.2 Å². The van der Waals surface area contributed by atoms with Crippen molar-refractivity contribution in [2.75, 3.05) is 6.54 Å². The number of nitrogens with one attached hydrogen (secondary N) is 1. The van der Waals surface area contributed by atoms with E-state index in [0.717, 1.165) is 17.5 Å². The van der Waals surface area contributed by atoms with Crippen LogP contribution in [0.4, 0.5) is 0 Å². The van der Waals surface area contributed by atoms with E-state index in [1.165, 1.54) is 0 Å². The van der Waals surface area contributed by atoms with Gasteiger partial charge in [0, 0.05) is 6.54 Å². The van der Waals surface area contributed by atoms with Crippen LogP contribution >= 0.6 is 0 Å². The molecule has 1 saturated heterocycles. The minimum absolute atomic E-state index is 0.165. The average Bonchev–Trinajstić information content (AvgIpc) is 3.35. The molecule has 1 heterocycles. The van der Waals surface area contributed by atoms with Crippen molar-refractivity contribution >= 4 is 17.8 Å². The molecule has 2 aromatic rings. The molecule has 1 aliphatic heterocycles. The molecular formula is C29H38N2O5. The van der Waals surface area contributed by atoms with Gasteiger partial charge in [0.1, 0.15) is 24.3 Å². The number of ether oxygens (including phenoxy) is 2. The fraction of sp³-hybridized carbons (Fsp3) is 0.483.